The van der Waals surface area contributed by atoms with Crippen LogP contribution in [0.4, 0.5) is 0 Å². The zero-order valence-electron chi connectivity index (χ0n) is 13.7. The van der Waals surface area contributed by atoms with E-state index in [1.54, 1.807) is 22.5 Å². The van der Waals surface area contributed by atoms with Crippen molar-refractivity contribution in [1.82, 2.24) is 9.21 Å². The number of hydrogen-bond donors (Lipinski definition) is 0. The van der Waals surface area contributed by atoms with Crippen LogP contribution in [0.5, 0.6) is 0 Å². The molecule has 0 amide bonds. The monoisotopic (exact) mass is 364 g/mol. The fraction of sp³-hybridized carbons (Fsp3) is 0.333. The highest BCUT2D eigenvalue weighted by atomic mass is 35.5. The molecule has 0 radical (unpaired) electrons. The van der Waals surface area contributed by atoms with E-state index in [-0.39, 0.29) is 0 Å². The van der Waals surface area contributed by atoms with Crippen LogP contribution in [0.3, 0.4) is 0 Å². The summed E-state index contributed by atoms with van der Waals surface area (Å²) in [5, 5.41) is 0.757. The summed E-state index contributed by atoms with van der Waals surface area (Å²) in [7, 11) is -3.41. The van der Waals surface area contributed by atoms with Gasteiger partial charge in [-0.2, -0.15) is 4.31 Å². The average molecular weight is 365 g/mol. The van der Waals surface area contributed by atoms with Crippen LogP contribution in [0, 0.1) is 6.92 Å². The summed E-state index contributed by atoms with van der Waals surface area (Å²) in [6.07, 6.45) is 0. The summed E-state index contributed by atoms with van der Waals surface area (Å²) in [6, 6.07) is 14.9. The third kappa shape index (κ3) is 3.81. The second-order valence-corrected chi connectivity index (χ2v) is 8.43. The zero-order chi connectivity index (χ0) is 17.2. The highest BCUT2D eigenvalue weighted by Gasteiger charge is 2.28. The molecule has 1 aliphatic rings. The van der Waals surface area contributed by atoms with E-state index in [0.717, 1.165) is 22.7 Å². The van der Waals surface area contributed by atoms with Crippen molar-refractivity contribution in [2.45, 2.75) is 18.4 Å². The first-order valence-corrected chi connectivity index (χ1v) is 9.81. The molecular formula is C18H21ClN2O2S. The Balaban J connectivity index is 1.65. The van der Waals surface area contributed by atoms with E-state index in [1.165, 1.54) is 0 Å². The highest BCUT2D eigenvalue weighted by molar-refractivity contribution is 7.89. The lowest BCUT2D eigenvalue weighted by molar-refractivity contribution is 0.181. The van der Waals surface area contributed by atoms with Gasteiger partial charge in [0.1, 0.15) is 0 Å². The smallest absolute Gasteiger partial charge is 0.243 e. The maximum atomic E-state index is 12.7. The van der Waals surface area contributed by atoms with E-state index >= 15 is 0 Å². The minimum Gasteiger partial charge on any atom is -0.296 e. The lowest BCUT2D eigenvalue weighted by atomic mass is 10.2. The Hall–Kier alpha value is -1.40. The molecule has 128 valence electrons. The summed E-state index contributed by atoms with van der Waals surface area (Å²) in [4.78, 5) is 2.62. The van der Waals surface area contributed by atoms with Gasteiger partial charge in [0.2, 0.25) is 10.0 Å². The van der Waals surface area contributed by atoms with Crippen molar-refractivity contribution in [2.75, 3.05) is 26.2 Å². The van der Waals surface area contributed by atoms with Gasteiger partial charge < -0.3 is 0 Å². The summed E-state index contributed by atoms with van der Waals surface area (Å²) in [5.41, 5.74) is 2.03. The summed E-state index contributed by atoms with van der Waals surface area (Å²) >= 11 is 6.21. The molecule has 0 bridgehead atoms. The summed E-state index contributed by atoms with van der Waals surface area (Å²) in [6.45, 7) is 5.06. The average Bonchev–Trinajstić information content (AvgIpc) is 2.57. The van der Waals surface area contributed by atoms with E-state index in [4.69, 9.17) is 11.6 Å². The van der Waals surface area contributed by atoms with Gasteiger partial charge in [-0.1, -0.05) is 41.9 Å². The molecule has 24 heavy (non-hydrogen) atoms. The third-order valence-electron chi connectivity index (χ3n) is 4.31. The third-order valence-corrected chi connectivity index (χ3v) is 6.57. The first-order chi connectivity index (χ1) is 11.5. The first kappa shape index (κ1) is 17.4. The van der Waals surface area contributed by atoms with E-state index < -0.39 is 10.0 Å². The number of rotatable bonds is 4. The minimum atomic E-state index is -3.41. The van der Waals surface area contributed by atoms with Crippen molar-refractivity contribution in [3.63, 3.8) is 0 Å². The van der Waals surface area contributed by atoms with Gasteiger partial charge in [-0.3, -0.25) is 4.90 Å². The van der Waals surface area contributed by atoms with Gasteiger partial charge in [0.15, 0.2) is 0 Å². The van der Waals surface area contributed by atoms with Crippen LogP contribution < -0.4 is 0 Å². The van der Waals surface area contributed by atoms with Crippen LogP contribution in [0.1, 0.15) is 11.1 Å². The van der Waals surface area contributed by atoms with Gasteiger partial charge in [-0.05, 0) is 36.2 Å². The molecule has 0 aromatic heterocycles. The second kappa shape index (κ2) is 7.23. The zero-order valence-corrected chi connectivity index (χ0v) is 15.2. The molecule has 1 heterocycles. The molecule has 1 fully saturated rings. The Morgan fingerprint density at radius 1 is 1.00 bits per heavy atom. The lowest BCUT2D eigenvalue weighted by Gasteiger charge is -2.34. The van der Waals surface area contributed by atoms with Crippen molar-refractivity contribution in [3.05, 3.63) is 64.7 Å². The van der Waals surface area contributed by atoms with Crippen molar-refractivity contribution >= 4 is 21.6 Å². The molecule has 1 aliphatic heterocycles. The second-order valence-electron chi connectivity index (χ2n) is 6.09. The molecule has 0 aliphatic carbocycles. The van der Waals surface area contributed by atoms with Gasteiger partial charge in [-0.15, -0.1) is 0 Å². The van der Waals surface area contributed by atoms with Crippen molar-refractivity contribution < 1.29 is 8.42 Å². The normalized spacial score (nSPS) is 17.1. The largest absolute Gasteiger partial charge is 0.296 e. The minimum absolute atomic E-state index is 0.377. The molecule has 0 N–H and O–H groups in total. The first-order valence-electron chi connectivity index (χ1n) is 7.99. The Morgan fingerprint density at radius 3 is 2.38 bits per heavy atom. The summed E-state index contributed by atoms with van der Waals surface area (Å²) in [5.74, 6) is 0. The van der Waals surface area contributed by atoms with Crippen molar-refractivity contribution in [3.8, 4) is 0 Å². The fourth-order valence-corrected chi connectivity index (χ4v) is 4.64. The lowest BCUT2D eigenvalue weighted by Crippen LogP contribution is -2.48. The molecule has 0 unspecified atom stereocenters. The Labute approximate surface area is 148 Å². The van der Waals surface area contributed by atoms with Gasteiger partial charge in [0.05, 0.1) is 4.90 Å². The number of halogens is 1. The molecule has 4 nitrogen and oxygen atoms in total. The van der Waals surface area contributed by atoms with Gasteiger partial charge in [-0.25, -0.2) is 8.42 Å². The van der Waals surface area contributed by atoms with Crippen LogP contribution in [-0.2, 0) is 16.6 Å². The maximum Gasteiger partial charge on any atom is 0.243 e. The molecule has 3 rings (SSSR count). The Morgan fingerprint density at radius 2 is 1.71 bits per heavy atom. The molecule has 0 spiro atoms. The molecular weight excluding hydrogens is 344 g/mol. The number of nitrogens with zero attached hydrogens (tertiary/aromatic N) is 2. The highest BCUT2D eigenvalue weighted by Crippen LogP contribution is 2.21. The molecule has 0 saturated carbocycles. The van der Waals surface area contributed by atoms with E-state index in [9.17, 15) is 8.42 Å². The van der Waals surface area contributed by atoms with Gasteiger partial charge in [0.25, 0.3) is 0 Å². The van der Waals surface area contributed by atoms with Gasteiger partial charge >= 0.3 is 0 Å². The number of hydrogen-bond acceptors (Lipinski definition) is 3. The molecule has 2 aromatic rings. The topological polar surface area (TPSA) is 40.6 Å². The number of aryl methyl sites for hydroxylation is 1. The van der Waals surface area contributed by atoms with Crippen molar-refractivity contribution in [1.29, 1.82) is 0 Å². The van der Waals surface area contributed by atoms with Crippen LogP contribution in [-0.4, -0.2) is 43.8 Å². The Kier molecular flexibility index (Phi) is 5.25. The molecule has 6 heteroatoms. The quantitative estimate of drug-likeness (QED) is 0.836. The molecule has 2 aromatic carbocycles. The standard InChI is InChI=1S/C18H21ClN2O2S/c1-15-5-4-7-17(13-15)24(22,23)21-11-9-20(10-12-21)14-16-6-2-3-8-18(16)19/h2-8,13H,9-12,14H2,1H3. The maximum absolute atomic E-state index is 12.7. The SMILES string of the molecule is Cc1cccc(S(=O)(=O)N2CCN(Cc3ccccc3Cl)CC2)c1. The van der Waals surface area contributed by atoms with Crippen LogP contribution >= 0.6 is 11.6 Å². The van der Waals surface area contributed by atoms with Gasteiger partial charge in [0, 0.05) is 37.7 Å². The van der Waals surface area contributed by atoms with E-state index in [2.05, 4.69) is 4.90 Å². The molecule has 1 saturated heterocycles. The number of piperazine rings is 1. The number of benzene rings is 2. The fourth-order valence-electron chi connectivity index (χ4n) is 2.92. The van der Waals surface area contributed by atoms with E-state index in [0.29, 0.717) is 31.1 Å². The Bertz CT molecular complexity index is 815. The number of sulfonamides is 1. The van der Waals surface area contributed by atoms with Crippen molar-refractivity contribution in [2.24, 2.45) is 0 Å². The molecule has 0 atom stereocenters. The van der Waals surface area contributed by atoms with Crippen LogP contribution in [0.25, 0.3) is 0 Å². The van der Waals surface area contributed by atoms with E-state index in [1.807, 2.05) is 37.3 Å². The van der Waals surface area contributed by atoms with Crippen LogP contribution in [0.2, 0.25) is 5.02 Å². The predicted molar refractivity (Wildman–Crippen MR) is 96.7 cm³/mol. The van der Waals surface area contributed by atoms with Crippen LogP contribution in [0.15, 0.2) is 53.4 Å². The predicted octanol–water partition coefficient (Wildman–Crippen LogP) is 3.15. The summed E-state index contributed by atoms with van der Waals surface area (Å²) < 4.78 is 27.1.